The zero-order valence-electron chi connectivity index (χ0n) is 13.3. The highest BCUT2D eigenvalue weighted by molar-refractivity contribution is 5.89. The van der Waals surface area contributed by atoms with Crippen molar-refractivity contribution in [2.45, 2.75) is 12.7 Å². The summed E-state index contributed by atoms with van der Waals surface area (Å²) in [7, 11) is 0. The second kappa shape index (κ2) is 6.11. The number of nitrogens with zero attached hydrogens (tertiary/aromatic N) is 5. The number of aromatic amines is 1. The van der Waals surface area contributed by atoms with Crippen LogP contribution in [0.2, 0.25) is 0 Å². The molecule has 0 fully saturated rings. The number of H-pyrrole nitrogens is 1. The summed E-state index contributed by atoms with van der Waals surface area (Å²) >= 11 is 0. The highest BCUT2D eigenvalue weighted by atomic mass is 19.4. The van der Waals surface area contributed by atoms with E-state index in [0.29, 0.717) is 5.39 Å². The molecule has 11 heteroatoms. The summed E-state index contributed by atoms with van der Waals surface area (Å²) in [5.74, 6) is -3.11. The van der Waals surface area contributed by atoms with Gasteiger partial charge in [0.05, 0.1) is 11.9 Å². The van der Waals surface area contributed by atoms with Crippen molar-refractivity contribution in [2.24, 2.45) is 0 Å². The SMILES string of the molecule is Fc1cccc(F)c1Cn1nc(-c2n[nH]c(C(F)(F)F)n2)c2cccnc21. The van der Waals surface area contributed by atoms with Gasteiger partial charge < -0.3 is 0 Å². The zero-order chi connectivity index (χ0) is 19.2. The first-order chi connectivity index (χ1) is 12.8. The summed E-state index contributed by atoms with van der Waals surface area (Å²) in [6, 6.07) is 6.54. The number of nitrogens with one attached hydrogen (secondary N) is 1. The minimum absolute atomic E-state index is 0.0154. The Hall–Kier alpha value is -3.37. The summed E-state index contributed by atoms with van der Waals surface area (Å²) in [6.45, 7) is -0.303. The van der Waals surface area contributed by atoms with E-state index in [1.165, 1.54) is 16.9 Å². The Morgan fingerprint density at radius 1 is 1.04 bits per heavy atom. The lowest BCUT2D eigenvalue weighted by Crippen LogP contribution is -2.07. The predicted molar refractivity (Wildman–Crippen MR) is 83.4 cm³/mol. The molecule has 0 aliphatic rings. The molecule has 138 valence electrons. The van der Waals surface area contributed by atoms with Gasteiger partial charge in [-0.15, -0.1) is 0 Å². The molecule has 0 aliphatic heterocycles. The van der Waals surface area contributed by atoms with Crippen LogP contribution in [0.4, 0.5) is 22.0 Å². The molecular weight excluding hydrogens is 371 g/mol. The molecule has 1 aromatic carbocycles. The standard InChI is InChI=1S/C16H9F5N6/c17-10-4-1-5-11(18)9(10)7-27-14-8(3-2-6-22-14)12(26-27)13-23-15(25-24-13)16(19,20)21/h1-6H,7H2,(H,23,24,25). The van der Waals surface area contributed by atoms with Gasteiger partial charge >= 0.3 is 6.18 Å². The van der Waals surface area contributed by atoms with Crippen LogP contribution in [0, 0.1) is 11.6 Å². The molecule has 27 heavy (non-hydrogen) atoms. The molecular formula is C16H9F5N6. The van der Waals surface area contributed by atoms with Crippen molar-refractivity contribution < 1.29 is 22.0 Å². The Balaban J connectivity index is 1.84. The lowest BCUT2D eigenvalue weighted by atomic mass is 10.2. The number of pyridine rings is 1. The van der Waals surface area contributed by atoms with E-state index in [2.05, 4.69) is 20.2 Å². The molecule has 0 spiro atoms. The number of alkyl halides is 3. The van der Waals surface area contributed by atoms with Crippen molar-refractivity contribution >= 4 is 11.0 Å². The van der Waals surface area contributed by atoms with Gasteiger partial charge in [0.15, 0.2) is 5.65 Å². The lowest BCUT2D eigenvalue weighted by Gasteiger charge is -2.05. The van der Waals surface area contributed by atoms with E-state index in [9.17, 15) is 22.0 Å². The Bertz CT molecular complexity index is 1110. The van der Waals surface area contributed by atoms with E-state index in [1.54, 1.807) is 12.1 Å². The van der Waals surface area contributed by atoms with Crippen LogP contribution >= 0.6 is 0 Å². The summed E-state index contributed by atoms with van der Waals surface area (Å²) in [5, 5.41) is 9.85. The van der Waals surface area contributed by atoms with E-state index < -0.39 is 23.6 Å². The fourth-order valence-corrected chi connectivity index (χ4v) is 2.61. The molecule has 3 aromatic heterocycles. The number of hydrogen-bond donors (Lipinski definition) is 1. The first kappa shape index (κ1) is 17.1. The third-order valence-electron chi connectivity index (χ3n) is 3.84. The van der Waals surface area contributed by atoms with E-state index in [1.807, 2.05) is 5.10 Å². The quantitative estimate of drug-likeness (QED) is 0.552. The van der Waals surface area contributed by atoms with Crippen LogP contribution in [-0.2, 0) is 12.7 Å². The fraction of sp³-hybridized carbons (Fsp3) is 0.125. The smallest absolute Gasteiger partial charge is 0.255 e. The average Bonchev–Trinajstić information content (AvgIpc) is 3.23. The highest BCUT2D eigenvalue weighted by Gasteiger charge is 2.36. The number of aromatic nitrogens is 6. The molecule has 0 saturated carbocycles. The Morgan fingerprint density at radius 3 is 2.44 bits per heavy atom. The van der Waals surface area contributed by atoms with E-state index in [-0.39, 0.29) is 29.3 Å². The second-order valence-electron chi connectivity index (χ2n) is 5.59. The minimum atomic E-state index is -4.70. The van der Waals surface area contributed by atoms with Gasteiger partial charge in [-0.05, 0) is 24.3 Å². The molecule has 0 amide bonds. The van der Waals surface area contributed by atoms with Gasteiger partial charge in [-0.3, -0.25) is 5.10 Å². The molecule has 0 atom stereocenters. The van der Waals surface area contributed by atoms with Crippen molar-refractivity contribution in [3.8, 4) is 11.5 Å². The molecule has 4 rings (SSSR count). The number of halogens is 5. The van der Waals surface area contributed by atoms with Crippen molar-refractivity contribution in [1.82, 2.24) is 29.9 Å². The van der Waals surface area contributed by atoms with E-state index >= 15 is 0 Å². The monoisotopic (exact) mass is 380 g/mol. The van der Waals surface area contributed by atoms with Crippen molar-refractivity contribution in [1.29, 1.82) is 0 Å². The third-order valence-corrected chi connectivity index (χ3v) is 3.84. The third kappa shape index (κ3) is 3.00. The maximum atomic E-state index is 13.9. The minimum Gasteiger partial charge on any atom is -0.255 e. The van der Waals surface area contributed by atoms with Gasteiger partial charge in [0.1, 0.15) is 17.3 Å². The molecule has 0 radical (unpaired) electrons. The molecule has 0 aliphatic carbocycles. The lowest BCUT2D eigenvalue weighted by molar-refractivity contribution is -0.144. The Morgan fingerprint density at radius 2 is 1.78 bits per heavy atom. The molecule has 4 aromatic rings. The van der Waals surface area contributed by atoms with Crippen LogP contribution in [0.15, 0.2) is 36.5 Å². The summed E-state index contributed by atoms with van der Waals surface area (Å²) in [5.41, 5.74) is 0.000166. The molecule has 0 bridgehead atoms. The summed E-state index contributed by atoms with van der Waals surface area (Å²) in [4.78, 5) is 7.52. The van der Waals surface area contributed by atoms with Crippen LogP contribution in [0.25, 0.3) is 22.6 Å². The highest BCUT2D eigenvalue weighted by Crippen LogP contribution is 2.30. The van der Waals surface area contributed by atoms with Crippen molar-refractivity contribution in [3.63, 3.8) is 0 Å². The van der Waals surface area contributed by atoms with Gasteiger partial charge in [0.2, 0.25) is 11.6 Å². The fourth-order valence-electron chi connectivity index (χ4n) is 2.61. The van der Waals surface area contributed by atoms with Gasteiger partial charge in [-0.1, -0.05) is 6.07 Å². The molecule has 3 heterocycles. The van der Waals surface area contributed by atoms with Crippen LogP contribution in [0.3, 0.4) is 0 Å². The van der Waals surface area contributed by atoms with Crippen LogP contribution in [0.5, 0.6) is 0 Å². The summed E-state index contributed by atoms with van der Waals surface area (Å²) in [6.07, 6.45) is -3.26. The summed E-state index contributed by atoms with van der Waals surface area (Å²) < 4.78 is 67.4. The topological polar surface area (TPSA) is 72.3 Å². The number of benzene rings is 1. The van der Waals surface area contributed by atoms with Gasteiger partial charge in [-0.25, -0.2) is 23.4 Å². The van der Waals surface area contributed by atoms with E-state index in [0.717, 1.165) is 12.1 Å². The first-order valence-electron chi connectivity index (χ1n) is 7.59. The van der Waals surface area contributed by atoms with Crippen LogP contribution in [0.1, 0.15) is 11.4 Å². The van der Waals surface area contributed by atoms with Crippen molar-refractivity contribution in [2.75, 3.05) is 0 Å². The second-order valence-corrected chi connectivity index (χ2v) is 5.59. The maximum Gasteiger partial charge on any atom is 0.451 e. The predicted octanol–water partition coefficient (Wildman–Crippen LogP) is 3.56. The average molecular weight is 380 g/mol. The number of hydrogen-bond acceptors (Lipinski definition) is 4. The van der Waals surface area contributed by atoms with Gasteiger partial charge in [0, 0.05) is 11.8 Å². The van der Waals surface area contributed by atoms with E-state index in [4.69, 9.17) is 0 Å². The molecule has 0 saturated heterocycles. The van der Waals surface area contributed by atoms with Crippen molar-refractivity contribution in [3.05, 3.63) is 59.6 Å². The van der Waals surface area contributed by atoms with Gasteiger partial charge in [-0.2, -0.15) is 23.4 Å². The normalized spacial score (nSPS) is 12.0. The first-order valence-corrected chi connectivity index (χ1v) is 7.59. The number of fused-ring (bicyclic) bond motifs is 1. The molecule has 0 unspecified atom stereocenters. The van der Waals surface area contributed by atoms with Gasteiger partial charge in [0.25, 0.3) is 0 Å². The largest absolute Gasteiger partial charge is 0.451 e. The molecule has 1 N–H and O–H groups in total. The maximum absolute atomic E-state index is 13.9. The zero-order valence-corrected chi connectivity index (χ0v) is 13.3. The Kier molecular flexibility index (Phi) is 3.86. The Labute approximate surface area is 147 Å². The van der Waals surface area contributed by atoms with Crippen LogP contribution < -0.4 is 0 Å². The molecule has 6 nitrogen and oxygen atoms in total. The van der Waals surface area contributed by atoms with Crippen LogP contribution in [-0.4, -0.2) is 29.9 Å². The number of rotatable bonds is 3.